The number of rotatable bonds is 11. The van der Waals surface area contributed by atoms with Crippen molar-refractivity contribution >= 4 is 23.7 Å². The molecule has 2 rings (SSSR count). The van der Waals surface area contributed by atoms with E-state index in [9.17, 15) is 9.59 Å². The summed E-state index contributed by atoms with van der Waals surface area (Å²) in [6.07, 6.45) is 2.84. The first-order valence-electron chi connectivity index (χ1n) is 10.7. The van der Waals surface area contributed by atoms with Gasteiger partial charge in [-0.05, 0) is 46.8 Å². The molecule has 172 valence electrons. The molecule has 2 aliphatic heterocycles. The number of unbranched alkanes of at least 4 members (excludes halogenated alkanes) is 1. The van der Waals surface area contributed by atoms with Crippen molar-refractivity contribution in [3.8, 4) is 0 Å². The second-order valence-corrected chi connectivity index (χ2v) is 8.92. The third-order valence-electron chi connectivity index (χ3n) is 4.80. The largest absolute Gasteiger partial charge is 0.462 e. The van der Waals surface area contributed by atoms with Crippen molar-refractivity contribution in [2.45, 2.75) is 90.0 Å². The smallest absolute Gasteiger partial charge is 0.347 e. The van der Waals surface area contributed by atoms with Crippen LogP contribution < -0.4 is 5.32 Å². The lowest BCUT2D eigenvalue weighted by atomic mass is 10.1. The van der Waals surface area contributed by atoms with Gasteiger partial charge < -0.3 is 29.0 Å². The first kappa shape index (κ1) is 25.0. The van der Waals surface area contributed by atoms with Gasteiger partial charge in [0, 0.05) is 6.20 Å². The number of hydrogen-bond donors (Lipinski definition) is 1. The molecule has 0 aromatic rings. The van der Waals surface area contributed by atoms with Crippen molar-refractivity contribution < 1.29 is 33.3 Å². The SMILES string of the molecule is CCCCS[C@H]1O[C@@H]([C@@H](C)NC=C(C(=O)OCC)C(=O)OCC)[C@H]2OC(C)(C)O[C@H]21. The van der Waals surface area contributed by atoms with E-state index in [0.717, 1.165) is 18.6 Å². The van der Waals surface area contributed by atoms with Gasteiger partial charge in [0.25, 0.3) is 0 Å². The molecule has 0 bridgehead atoms. The van der Waals surface area contributed by atoms with Crippen molar-refractivity contribution in [2.75, 3.05) is 19.0 Å². The Kier molecular flexibility index (Phi) is 9.46. The molecule has 9 heteroatoms. The summed E-state index contributed by atoms with van der Waals surface area (Å²) in [5.41, 5.74) is -0.311. The zero-order valence-electron chi connectivity index (χ0n) is 18.8. The Morgan fingerprint density at radius 2 is 1.70 bits per heavy atom. The normalized spacial score (nSPS) is 27.8. The predicted molar refractivity (Wildman–Crippen MR) is 114 cm³/mol. The molecule has 2 fully saturated rings. The number of carbonyl (C=O) groups excluding carboxylic acids is 2. The molecule has 2 aliphatic rings. The highest BCUT2D eigenvalue weighted by Gasteiger charge is 2.56. The predicted octanol–water partition coefficient (Wildman–Crippen LogP) is 2.75. The Labute approximate surface area is 183 Å². The van der Waals surface area contributed by atoms with E-state index in [-0.39, 0.29) is 48.6 Å². The van der Waals surface area contributed by atoms with Gasteiger partial charge in [-0.25, -0.2) is 9.59 Å². The van der Waals surface area contributed by atoms with E-state index < -0.39 is 17.7 Å². The van der Waals surface area contributed by atoms with Crippen LogP contribution in [0.15, 0.2) is 11.8 Å². The van der Waals surface area contributed by atoms with Crippen molar-refractivity contribution in [3.63, 3.8) is 0 Å². The van der Waals surface area contributed by atoms with Gasteiger partial charge in [-0.1, -0.05) is 13.3 Å². The molecule has 30 heavy (non-hydrogen) atoms. The summed E-state index contributed by atoms with van der Waals surface area (Å²) in [7, 11) is 0. The van der Waals surface area contributed by atoms with E-state index in [4.69, 9.17) is 23.7 Å². The molecule has 0 aromatic carbocycles. The summed E-state index contributed by atoms with van der Waals surface area (Å²) in [4.78, 5) is 24.3. The van der Waals surface area contributed by atoms with E-state index in [0.29, 0.717) is 0 Å². The van der Waals surface area contributed by atoms with Crippen molar-refractivity contribution in [1.29, 1.82) is 0 Å². The van der Waals surface area contributed by atoms with Gasteiger partial charge >= 0.3 is 11.9 Å². The van der Waals surface area contributed by atoms with E-state index in [1.807, 2.05) is 20.8 Å². The summed E-state index contributed by atoms with van der Waals surface area (Å²) >= 11 is 1.74. The Morgan fingerprint density at radius 3 is 2.27 bits per heavy atom. The maximum Gasteiger partial charge on any atom is 0.347 e. The minimum absolute atomic E-state index is 0.129. The monoisotopic (exact) mass is 445 g/mol. The van der Waals surface area contributed by atoms with E-state index in [1.54, 1.807) is 25.6 Å². The zero-order chi connectivity index (χ0) is 22.3. The maximum atomic E-state index is 12.1. The van der Waals surface area contributed by atoms with E-state index in [1.165, 1.54) is 6.20 Å². The van der Waals surface area contributed by atoms with E-state index in [2.05, 4.69) is 12.2 Å². The molecule has 0 amide bonds. The maximum absolute atomic E-state index is 12.1. The van der Waals surface area contributed by atoms with Gasteiger partial charge in [0.05, 0.1) is 19.3 Å². The number of thioether (sulfide) groups is 1. The molecule has 0 spiro atoms. The van der Waals surface area contributed by atoms with Crippen LogP contribution in [0.2, 0.25) is 0 Å². The average Bonchev–Trinajstić information content (AvgIpc) is 3.16. The van der Waals surface area contributed by atoms with Gasteiger partial charge in [-0.2, -0.15) is 0 Å². The molecule has 2 saturated heterocycles. The topological polar surface area (TPSA) is 92.3 Å². The molecule has 0 saturated carbocycles. The van der Waals surface area contributed by atoms with Crippen LogP contribution in [0, 0.1) is 0 Å². The molecule has 0 aromatic heterocycles. The van der Waals surface area contributed by atoms with Crippen molar-refractivity contribution in [1.82, 2.24) is 5.32 Å². The third-order valence-corrected chi connectivity index (χ3v) is 6.03. The van der Waals surface area contributed by atoms with Crippen LogP contribution in [0.5, 0.6) is 0 Å². The quantitative estimate of drug-likeness (QED) is 0.169. The number of nitrogens with one attached hydrogen (secondary N) is 1. The van der Waals surface area contributed by atoms with Gasteiger partial charge in [-0.3, -0.25) is 0 Å². The molecule has 8 nitrogen and oxygen atoms in total. The standard InChI is InChI=1S/C21H35NO7S/c1-7-10-11-30-20-17-16(28-21(5,6)29-17)15(27-20)13(4)22-12-14(18(23)25-8-2)19(24)26-9-3/h12-13,15-17,20,22H,7-11H2,1-6H3/t13-,15+,16-,17-,20-/m1/s1. The molecule has 0 unspecified atom stereocenters. The highest BCUT2D eigenvalue weighted by atomic mass is 32.2. The second kappa shape index (κ2) is 11.4. The van der Waals surface area contributed by atoms with Gasteiger partial charge in [0.2, 0.25) is 0 Å². The van der Waals surface area contributed by atoms with Crippen LogP contribution in [0.1, 0.15) is 54.4 Å². The molecule has 2 heterocycles. The highest BCUT2D eigenvalue weighted by molar-refractivity contribution is 7.99. The number of ether oxygens (including phenoxy) is 5. The number of fused-ring (bicyclic) bond motifs is 1. The molecule has 0 aliphatic carbocycles. The summed E-state index contributed by atoms with van der Waals surface area (Å²) in [5, 5.41) is 3.10. The van der Waals surface area contributed by atoms with Gasteiger partial charge in [-0.15, -0.1) is 11.8 Å². The Balaban J connectivity index is 2.11. The minimum Gasteiger partial charge on any atom is -0.462 e. The van der Waals surface area contributed by atoms with Gasteiger partial charge in [0.15, 0.2) is 11.4 Å². The van der Waals surface area contributed by atoms with Crippen molar-refractivity contribution in [2.24, 2.45) is 0 Å². The number of hydrogen-bond acceptors (Lipinski definition) is 9. The van der Waals surface area contributed by atoms with Crippen LogP contribution in [-0.2, 0) is 33.3 Å². The Bertz CT molecular complexity index is 604. The first-order valence-corrected chi connectivity index (χ1v) is 11.7. The lowest BCUT2D eigenvalue weighted by Crippen LogP contribution is -2.43. The molecular weight excluding hydrogens is 410 g/mol. The molecule has 1 N–H and O–H groups in total. The summed E-state index contributed by atoms with van der Waals surface area (Å²) in [6, 6.07) is -0.245. The van der Waals surface area contributed by atoms with Crippen LogP contribution in [-0.4, -0.2) is 66.5 Å². The number of esters is 2. The second-order valence-electron chi connectivity index (χ2n) is 7.71. The lowest BCUT2D eigenvalue weighted by Gasteiger charge is -2.27. The zero-order valence-corrected chi connectivity index (χ0v) is 19.6. The van der Waals surface area contributed by atoms with Crippen molar-refractivity contribution in [3.05, 3.63) is 11.8 Å². The first-order chi connectivity index (χ1) is 14.2. The lowest BCUT2D eigenvalue weighted by molar-refractivity contribution is -0.180. The average molecular weight is 446 g/mol. The fourth-order valence-electron chi connectivity index (χ4n) is 3.40. The Morgan fingerprint density at radius 1 is 1.10 bits per heavy atom. The van der Waals surface area contributed by atoms with Crippen LogP contribution in [0.3, 0.4) is 0 Å². The van der Waals surface area contributed by atoms with Gasteiger partial charge in [0.1, 0.15) is 23.7 Å². The fraction of sp³-hybridized carbons (Fsp3) is 0.810. The van der Waals surface area contributed by atoms with Crippen LogP contribution in [0.4, 0.5) is 0 Å². The number of carbonyl (C=O) groups is 2. The highest BCUT2D eigenvalue weighted by Crippen LogP contribution is 2.43. The molecular formula is C21H35NO7S. The molecule has 5 atom stereocenters. The van der Waals surface area contributed by atoms with Crippen LogP contribution >= 0.6 is 11.8 Å². The minimum atomic E-state index is -0.726. The fourth-order valence-corrected chi connectivity index (χ4v) is 4.69. The summed E-state index contributed by atoms with van der Waals surface area (Å²) in [6.45, 7) is 11.6. The Hall–Kier alpha value is -1.29. The third kappa shape index (κ3) is 6.35. The van der Waals surface area contributed by atoms with Crippen LogP contribution in [0.25, 0.3) is 0 Å². The summed E-state index contributed by atoms with van der Waals surface area (Å²) in [5.74, 6) is -1.15. The molecule has 0 radical (unpaired) electrons. The summed E-state index contributed by atoms with van der Waals surface area (Å²) < 4.78 is 28.4. The van der Waals surface area contributed by atoms with E-state index >= 15 is 0 Å².